The van der Waals surface area contributed by atoms with Crippen molar-refractivity contribution in [1.82, 2.24) is 20.4 Å². The highest BCUT2D eigenvalue weighted by atomic mass is 32.1. The van der Waals surface area contributed by atoms with Gasteiger partial charge in [0.1, 0.15) is 0 Å². The first-order valence-corrected chi connectivity index (χ1v) is 5.53. The van der Waals surface area contributed by atoms with Crippen molar-refractivity contribution in [2.75, 3.05) is 0 Å². The van der Waals surface area contributed by atoms with Crippen LogP contribution in [-0.2, 0) is 13.1 Å². The van der Waals surface area contributed by atoms with Gasteiger partial charge in [-0.2, -0.15) is 4.98 Å². The van der Waals surface area contributed by atoms with Gasteiger partial charge in [0, 0.05) is 11.9 Å². The molecule has 5 nitrogen and oxygen atoms in total. The summed E-state index contributed by atoms with van der Waals surface area (Å²) >= 11 is 1.65. The van der Waals surface area contributed by atoms with Crippen molar-refractivity contribution in [3.05, 3.63) is 27.8 Å². The molecule has 0 amide bonds. The minimum atomic E-state index is 0.581. The molecule has 0 atom stereocenters. The van der Waals surface area contributed by atoms with Gasteiger partial charge in [0.05, 0.1) is 17.2 Å². The third kappa shape index (κ3) is 2.84. The molecule has 0 aliphatic heterocycles. The fraction of sp³-hybridized carbons (Fsp3) is 0.444. The molecular formula is C9H12N4OS. The Labute approximate surface area is 91.5 Å². The summed E-state index contributed by atoms with van der Waals surface area (Å²) in [5, 5.41) is 10.0. The number of hydrogen-bond donors (Lipinski definition) is 1. The molecule has 2 aromatic heterocycles. The maximum Gasteiger partial charge on any atom is 0.240 e. The van der Waals surface area contributed by atoms with Crippen molar-refractivity contribution < 1.29 is 4.52 Å². The number of thiazole rings is 1. The minimum Gasteiger partial charge on any atom is -0.338 e. The largest absolute Gasteiger partial charge is 0.338 e. The second kappa shape index (κ2) is 4.50. The predicted octanol–water partition coefficient (Wildman–Crippen LogP) is 1.43. The van der Waals surface area contributed by atoms with Crippen LogP contribution < -0.4 is 5.32 Å². The van der Waals surface area contributed by atoms with Gasteiger partial charge in [-0.05, 0) is 13.8 Å². The Morgan fingerprint density at radius 3 is 2.80 bits per heavy atom. The van der Waals surface area contributed by atoms with E-state index < -0.39 is 0 Å². The molecule has 80 valence electrons. The zero-order valence-electron chi connectivity index (χ0n) is 8.65. The highest BCUT2D eigenvalue weighted by Gasteiger charge is 2.02. The number of nitrogens with zero attached hydrogens (tertiary/aromatic N) is 3. The summed E-state index contributed by atoms with van der Waals surface area (Å²) in [5.74, 6) is 1.27. The van der Waals surface area contributed by atoms with E-state index in [-0.39, 0.29) is 0 Å². The fourth-order valence-electron chi connectivity index (χ4n) is 1.20. The highest BCUT2D eigenvalue weighted by Crippen LogP contribution is 2.07. The normalized spacial score (nSPS) is 10.8. The Morgan fingerprint density at radius 1 is 1.33 bits per heavy atom. The van der Waals surface area contributed by atoms with Gasteiger partial charge in [-0.15, -0.1) is 11.3 Å². The highest BCUT2D eigenvalue weighted by molar-refractivity contribution is 7.09. The second-order valence-electron chi connectivity index (χ2n) is 3.20. The lowest BCUT2D eigenvalue weighted by Crippen LogP contribution is -2.13. The first-order valence-electron chi connectivity index (χ1n) is 4.65. The lowest BCUT2D eigenvalue weighted by molar-refractivity contribution is 0.364. The molecule has 1 N–H and O–H groups in total. The van der Waals surface area contributed by atoms with E-state index in [1.54, 1.807) is 18.3 Å². The number of rotatable bonds is 4. The molecule has 0 spiro atoms. The Bertz CT molecular complexity index is 397. The van der Waals surface area contributed by atoms with E-state index in [0.29, 0.717) is 18.3 Å². The van der Waals surface area contributed by atoms with Gasteiger partial charge >= 0.3 is 0 Å². The van der Waals surface area contributed by atoms with Crippen LogP contribution in [0.2, 0.25) is 0 Å². The number of nitrogens with one attached hydrogen (secondary N) is 1. The van der Waals surface area contributed by atoms with Gasteiger partial charge in [0.2, 0.25) is 5.89 Å². The summed E-state index contributed by atoms with van der Waals surface area (Å²) in [6.07, 6.45) is 0. The topological polar surface area (TPSA) is 63.8 Å². The molecule has 0 aliphatic carbocycles. The molecule has 0 bridgehead atoms. The standard InChI is InChI=1S/C9H12N4OS/c1-6-11-9(14-13-6)4-10-3-8-5-15-7(2)12-8/h5,10H,3-4H2,1-2H3. The number of aromatic nitrogens is 3. The van der Waals surface area contributed by atoms with Crippen molar-refractivity contribution in [2.45, 2.75) is 26.9 Å². The van der Waals surface area contributed by atoms with Crippen LogP contribution in [0.4, 0.5) is 0 Å². The summed E-state index contributed by atoms with van der Waals surface area (Å²) in [7, 11) is 0. The Hall–Kier alpha value is -1.27. The van der Waals surface area contributed by atoms with Crippen LogP contribution >= 0.6 is 11.3 Å². The maximum absolute atomic E-state index is 4.97. The molecule has 0 radical (unpaired) electrons. The van der Waals surface area contributed by atoms with Gasteiger partial charge in [-0.3, -0.25) is 0 Å². The van der Waals surface area contributed by atoms with Gasteiger partial charge in [-0.25, -0.2) is 4.98 Å². The monoisotopic (exact) mass is 224 g/mol. The third-order valence-corrected chi connectivity index (χ3v) is 2.64. The first kappa shape index (κ1) is 10.3. The zero-order valence-corrected chi connectivity index (χ0v) is 9.47. The zero-order chi connectivity index (χ0) is 10.7. The Kier molecular flexibility index (Phi) is 3.08. The predicted molar refractivity (Wildman–Crippen MR) is 56.4 cm³/mol. The van der Waals surface area contributed by atoms with Crippen molar-refractivity contribution in [3.8, 4) is 0 Å². The van der Waals surface area contributed by atoms with Crippen LogP contribution in [0.25, 0.3) is 0 Å². The van der Waals surface area contributed by atoms with Crippen molar-refractivity contribution in [2.24, 2.45) is 0 Å². The molecule has 0 aliphatic rings. The molecule has 6 heteroatoms. The summed E-state index contributed by atoms with van der Waals surface area (Å²) in [6, 6.07) is 0. The van der Waals surface area contributed by atoms with Crippen LogP contribution in [0.1, 0.15) is 22.4 Å². The average Bonchev–Trinajstić information content (AvgIpc) is 2.76. The SMILES string of the molecule is Cc1noc(CNCc2csc(C)n2)n1. The van der Waals surface area contributed by atoms with E-state index in [2.05, 4.69) is 20.4 Å². The molecule has 0 saturated carbocycles. The van der Waals surface area contributed by atoms with Crippen LogP contribution in [0.3, 0.4) is 0 Å². The molecule has 2 heterocycles. The lowest BCUT2D eigenvalue weighted by Gasteiger charge is -1.96. The quantitative estimate of drug-likeness (QED) is 0.851. The smallest absolute Gasteiger partial charge is 0.240 e. The van der Waals surface area contributed by atoms with Gasteiger partial charge in [0.15, 0.2) is 5.82 Å². The second-order valence-corrected chi connectivity index (χ2v) is 4.26. The summed E-state index contributed by atoms with van der Waals surface area (Å²) < 4.78 is 4.97. The van der Waals surface area contributed by atoms with Crippen LogP contribution in [0.5, 0.6) is 0 Å². The van der Waals surface area contributed by atoms with E-state index in [1.807, 2.05) is 12.3 Å². The number of aryl methyl sites for hydroxylation is 2. The average molecular weight is 224 g/mol. The molecule has 0 aromatic carbocycles. The molecule has 0 unspecified atom stereocenters. The molecule has 0 fully saturated rings. The van der Waals surface area contributed by atoms with Crippen molar-refractivity contribution >= 4 is 11.3 Å². The molecule has 15 heavy (non-hydrogen) atoms. The van der Waals surface area contributed by atoms with Crippen LogP contribution in [0, 0.1) is 13.8 Å². The van der Waals surface area contributed by atoms with E-state index in [9.17, 15) is 0 Å². The molecule has 2 aromatic rings. The minimum absolute atomic E-state index is 0.581. The molecular weight excluding hydrogens is 212 g/mol. The maximum atomic E-state index is 4.97. The van der Waals surface area contributed by atoms with Gasteiger partial charge in [0.25, 0.3) is 0 Å². The van der Waals surface area contributed by atoms with Crippen molar-refractivity contribution in [1.29, 1.82) is 0 Å². The third-order valence-electron chi connectivity index (χ3n) is 1.82. The Balaban J connectivity index is 1.80. The van der Waals surface area contributed by atoms with E-state index >= 15 is 0 Å². The lowest BCUT2D eigenvalue weighted by atomic mass is 10.4. The van der Waals surface area contributed by atoms with E-state index in [4.69, 9.17) is 4.52 Å². The summed E-state index contributed by atoms with van der Waals surface area (Å²) in [5.41, 5.74) is 1.05. The van der Waals surface area contributed by atoms with E-state index in [0.717, 1.165) is 17.2 Å². The Morgan fingerprint density at radius 2 is 2.20 bits per heavy atom. The van der Waals surface area contributed by atoms with Crippen LogP contribution in [0.15, 0.2) is 9.90 Å². The summed E-state index contributed by atoms with van der Waals surface area (Å²) in [4.78, 5) is 8.43. The van der Waals surface area contributed by atoms with E-state index in [1.165, 1.54) is 0 Å². The molecule has 0 saturated heterocycles. The first-order chi connectivity index (χ1) is 7.24. The van der Waals surface area contributed by atoms with Crippen molar-refractivity contribution in [3.63, 3.8) is 0 Å². The number of hydrogen-bond acceptors (Lipinski definition) is 6. The van der Waals surface area contributed by atoms with Crippen LogP contribution in [-0.4, -0.2) is 15.1 Å². The molecule has 2 rings (SSSR count). The summed E-state index contributed by atoms with van der Waals surface area (Å²) in [6.45, 7) is 5.11. The fourth-order valence-corrected chi connectivity index (χ4v) is 1.81. The van der Waals surface area contributed by atoms with Gasteiger partial charge in [-0.1, -0.05) is 5.16 Å². The van der Waals surface area contributed by atoms with Gasteiger partial charge < -0.3 is 9.84 Å².